The fraction of sp³-hybridized carbons (Fsp3) is 1.00. The molecule has 1 aliphatic rings. The molecule has 72 valence electrons. The van der Waals surface area contributed by atoms with Gasteiger partial charge in [-0.25, -0.2) is 0 Å². The average Bonchev–Trinajstić information content (AvgIpc) is 2.05. The van der Waals surface area contributed by atoms with E-state index in [9.17, 15) is 0 Å². The van der Waals surface area contributed by atoms with Gasteiger partial charge in [-0.05, 0) is 32.4 Å². The van der Waals surface area contributed by atoms with Gasteiger partial charge in [0, 0.05) is 12.6 Å². The van der Waals surface area contributed by atoms with Crippen molar-refractivity contribution in [3.05, 3.63) is 0 Å². The molecule has 0 bridgehead atoms. The van der Waals surface area contributed by atoms with Gasteiger partial charge >= 0.3 is 0 Å². The molecule has 1 fully saturated rings. The number of unbranched alkanes of at least 4 members (excludes halogenated alkanes) is 2. The highest BCUT2D eigenvalue weighted by molar-refractivity contribution is 4.74. The second kappa shape index (κ2) is 5.55. The van der Waals surface area contributed by atoms with Crippen LogP contribution in [-0.2, 0) is 0 Å². The highest BCUT2D eigenvalue weighted by Crippen LogP contribution is 2.09. The molecule has 0 aliphatic carbocycles. The second-order valence-corrected chi connectivity index (χ2v) is 3.91. The van der Waals surface area contributed by atoms with E-state index in [1.54, 1.807) is 0 Å². The zero-order valence-corrected chi connectivity index (χ0v) is 8.26. The Morgan fingerprint density at radius 1 is 1.42 bits per heavy atom. The van der Waals surface area contributed by atoms with Crippen molar-refractivity contribution in [2.24, 2.45) is 5.73 Å². The van der Waals surface area contributed by atoms with E-state index in [4.69, 9.17) is 5.73 Å². The summed E-state index contributed by atoms with van der Waals surface area (Å²) in [5, 5.41) is 0. The number of rotatable bonds is 4. The first-order valence-electron chi connectivity index (χ1n) is 5.31. The summed E-state index contributed by atoms with van der Waals surface area (Å²) in [7, 11) is 0. The SMILES string of the molecule is CCCCCN1CCCC(N)C1. The van der Waals surface area contributed by atoms with Crippen LogP contribution < -0.4 is 5.73 Å². The van der Waals surface area contributed by atoms with Gasteiger partial charge in [0.1, 0.15) is 0 Å². The molecule has 2 N–H and O–H groups in total. The van der Waals surface area contributed by atoms with E-state index in [2.05, 4.69) is 11.8 Å². The molecule has 1 rings (SSSR count). The van der Waals surface area contributed by atoms with Gasteiger partial charge in [0.2, 0.25) is 0 Å². The first-order valence-corrected chi connectivity index (χ1v) is 5.31. The number of hydrogen-bond acceptors (Lipinski definition) is 2. The molecule has 0 aromatic rings. The molecule has 1 saturated heterocycles. The third-order valence-electron chi connectivity index (χ3n) is 2.62. The van der Waals surface area contributed by atoms with Crippen LogP contribution in [0.25, 0.3) is 0 Å². The molecule has 1 unspecified atom stereocenters. The van der Waals surface area contributed by atoms with E-state index >= 15 is 0 Å². The van der Waals surface area contributed by atoms with Crippen molar-refractivity contribution >= 4 is 0 Å². The maximum Gasteiger partial charge on any atom is 0.0168 e. The fourth-order valence-corrected chi connectivity index (χ4v) is 1.88. The van der Waals surface area contributed by atoms with Crippen LogP contribution in [0.1, 0.15) is 39.0 Å². The molecule has 0 spiro atoms. The third-order valence-corrected chi connectivity index (χ3v) is 2.62. The van der Waals surface area contributed by atoms with Crippen LogP contribution in [0, 0.1) is 0 Å². The molecule has 2 heteroatoms. The molecule has 0 saturated carbocycles. The highest BCUT2D eigenvalue weighted by atomic mass is 15.1. The largest absolute Gasteiger partial charge is 0.327 e. The molecular formula is C10H22N2. The first kappa shape index (κ1) is 10.0. The topological polar surface area (TPSA) is 29.3 Å². The maximum absolute atomic E-state index is 5.89. The van der Waals surface area contributed by atoms with Crippen molar-refractivity contribution in [1.82, 2.24) is 4.90 Å². The Balaban J connectivity index is 2.06. The number of nitrogens with two attached hydrogens (primary N) is 1. The van der Waals surface area contributed by atoms with Gasteiger partial charge in [0.15, 0.2) is 0 Å². The van der Waals surface area contributed by atoms with E-state index in [0.29, 0.717) is 6.04 Å². The lowest BCUT2D eigenvalue weighted by Gasteiger charge is -2.30. The molecule has 0 radical (unpaired) electrons. The molecule has 0 aromatic carbocycles. The fourth-order valence-electron chi connectivity index (χ4n) is 1.88. The van der Waals surface area contributed by atoms with Gasteiger partial charge < -0.3 is 10.6 Å². The van der Waals surface area contributed by atoms with Crippen LogP contribution in [0.4, 0.5) is 0 Å². The van der Waals surface area contributed by atoms with Gasteiger partial charge in [0.25, 0.3) is 0 Å². The first-order chi connectivity index (χ1) is 5.83. The number of nitrogens with zero attached hydrogens (tertiary/aromatic N) is 1. The summed E-state index contributed by atoms with van der Waals surface area (Å²) >= 11 is 0. The van der Waals surface area contributed by atoms with Gasteiger partial charge in [-0.3, -0.25) is 0 Å². The summed E-state index contributed by atoms with van der Waals surface area (Å²) in [6.07, 6.45) is 6.56. The molecule has 1 aliphatic heterocycles. The van der Waals surface area contributed by atoms with Crippen LogP contribution in [0.3, 0.4) is 0 Å². The van der Waals surface area contributed by atoms with Gasteiger partial charge in [-0.15, -0.1) is 0 Å². The van der Waals surface area contributed by atoms with E-state index in [-0.39, 0.29) is 0 Å². The molecule has 0 aromatic heterocycles. The van der Waals surface area contributed by atoms with E-state index in [0.717, 1.165) is 6.54 Å². The van der Waals surface area contributed by atoms with Crippen LogP contribution in [0.2, 0.25) is 0 Å². The smallest absolute Gasteiger partial charge is 0.0168 e. The quantitative estimate of drug-likeness (QED) is 0.649. The van der Waals surface area contributed by atoms with E-state index in [1.165, 1.54) is 45.2 Å². The van der Waals surface area contributed by atoms with Crippen molar-refractivity contribution in [3.63, 3.8) is 0 Å². The minimum Gasteiger partial charge on any atom is -0.327 e. The van der Waals surface area contributed by atoms with Crippen LogP contribution in [0.15, 0.2) is 0 Å². The Morgan fingerprint density at radius 2 is 2.25 bits per heavy atom. The number of hydrogen-bond donors (Lipinski definition) is 1. The second-order valence-electron chi connectivity index (χ2n) is 3.91. The summed E-state index contributed by atoms with van der Waals surface area (Å²) in [4.78, 5) is 2.52. The molecule has 12 heavy (non-hydrogen) atoms. The normalized spacial score (nSPS) is 26.0. The minimum atomic E-state index is 0.445. The Kier molecular flexibility index (Phi) is 4.62. The predicted octanol–water partition coefficient (Wildman–Crippen LogP) is 1.60. The van der Waals surface area contributed by atoms with Gasteiger partial charge in [0.05, 0.1) is 0 Å². The Bertz CT molecular complexity index is 114. The van der Waals surface area contributed by atoms with Crippen LogP contribution in [0.5, 0.6) is 0 Å². The van der Waals surface area contributed by atoms with Gasteiger partial charge in [-0.2, -0.15) is 0 Å². The average molecular weight is 170 g/mol. The number of likely N-dealkylation sites (tertiary alicyclic amines) is 1. The van der Waals surface area contributed by atoms with Crippen molar-refractivity contribution in [2.45, 2.75) is 45.1 Å². The summed E-state index contributed by atoms with van der Waals surface area (Å²) in [5.74, 6) is 0. The molecular weight excluding hydrogens is 148 g/mol. The summed E-state index contributed by atoms with van der Waals surface area (Å²) < 4.78 is 0. The summed E-state index contributed by atoms with van der Waals surface area (Å²) in [6, 6.07) is 0.445. The third kappa shape index (κ3) is 3.55. The lowest BCUT2D eigenvalue weighted by atomic mass is 10.1. The Hall–Kier alpha value is -0.0800. The summed E-state index contributed by atoms with van der Waals surface area (Å²) in [5.41, 5.74) is 5.89. The lowest BCUT2D eigenvalue weighted by Crippen LogP contribution is -2.43. The minimum absolute atomic E-state index is 0.445. The van der Waals surface area contributed by atoms with Crippen LogP contribution >= 0.6 is 0 Å². The van der Waals surface area contributed by atoms with Crippen molar-refractivity contribution in [1.29, 1.82) is 0 Å². The Morgan fingerprint density at radius 3 is 2.92 bits per heavy atom. The van der Waals surface area contributed by atoms with E-state index in [1.807, 2.05) is 0 Å². The molecule has 1 atom stereocenters. The van der Waals surface area contributed by atoms with Crippen LogP contribution in [-0.4, -0.2) is 30.6 Å². The molecule has 2 nitrogen and oxygen atoms in total. The predicted molar refractivity (Wildman–Crippen MR) is 53.2 cm³/mol. The maximum atomic E-state index is 5.89. The lowest BCUT2D eigenvalue weighted by molar-refractivity contribution is 0.205. The zero-order valence-electron chi connectivity index (χ0n) is 8.26. The molecule has 0 amide bonds. The number of piperidine rings is 1. The summed E-state index contributed by atoms with van der Waals surface area (Å²) in [6.45, 7) is 5.92. The zero-order chi connectivity index (χ0) is 8.81. The highest BCUT2D eigenvalue weighted by Gasteiger charge is 2.15. The van der Waals surface area contributed by atoms with Gasteiger partial charge in [-0.1, -0.05) is 19.8 Å². The standard InChI is InChI=1S/C10H22N2/c1-2-3-4-7-12-8-5-6-10(11)9-12/h10H,2-9,11H2,1H3. The van der Waals surface area contributed by atoms with E-state index < -0.39 is 0 Å². The monoisotopic (exact) mass is 170 g/mol. The van der Waals surface area contributed by atoms with Crippen molar-refractivity contribution in [2.75, 3.05) is 19.6 Å². The van der Waals surface area contributed by atoms with Crippen molar-refractivity contribution < 1.29 is 0 Å². The van der Waals surface area contributed by atoms with Crippen molar-refractivity contribution in [3.8, 4) is 0 Å². The Labute approximate surface area is 76.1 Å². The molecule has 1 heterocycles.